The van der Waals surface area contributed by atoms with E-state index in [-0.39, 0.29) is 25.9 Å². The molecule has 0 N–H and O–H groups in total. The molecule has 1 fully saturated rings. The molecule has 1 saturated carbocycles. The van der Waals surface area contributed by atoms with E-state index in [1.165, 1.54) is 60.6 Å². The van der Waals surface area contributed by atoms with Crippen molar-refractivity contribution in [2.24, 2.45) is 0 Å². The molecule has 0 aliphatic heterocycles. The molecule has 9 aromatic rings. The summed E-state index contributed by atoms with van der Waals surface area (Å²) in [5, 5.41) is 3.58. The van der Waals surface area contributed by atoms with Gasteiger partial charge in [0.15, 0.2) is 0 Å². The predicted octanol–water partition coefficient (Wildman–Crippen LogP) is 14.5. The zero-order valence-electron chi connectivity index (χ0n) is 34.9. The first kappa shape index (κ1) is 43.2. The first-order valence-corrected chi connectivity index (χ1v) is 24.5. The van der Waals surface area contributed by atoms with E-state index in [1.54, 1.807) is 12.1 Å². The van der Waals surface area contributed by atoms with Crippen molar-refractivity contribution in [1.82, 2.24) is 15.0 Å². The fourth-order valence-electron chi connectivity index (χ4n) is 7.87. The molecule has 4 nitrogen and oxygen atoms in total. The number of para-hydroxylation sites is 1. The summed E-state index contributed by atoms with van der Waals surface area (Å²) in [7, 11) is -1.22. The minimum Gasteiger partial charge on any atom is -0.455 e. The van der Waals surface area contributed by atoms with Gasteiger partial charge in [-0.15, -0.1) is 0 Å². The van der Waals surface area contributed by atoms with E-state index in [2.05, 4.69) is 108 Å². The maximum atomic E-state index is 13.3. The van der Waals surface area contributed by atoms with Crippen molar-refractivity contribution < 1.29 is 28.9 Å². The summed E-state index contributed by atoms with van der Waals surface area (Å²) < 4.78 is 19.7. The standard InChI is InChI=1S/C29H24FNO.C14H17NSi.C11H9N.Ir/c30-23-12-9-20(10-13-23)21-11-14-24-25-7-4-8-26(29(25)32-28(24)18-21)27-17-22(15-16-31-27)19-5-2-1-3-6-19;1-16(2,3)13-9-10-14(15-11-13)12-7-5-4-6-8-12;1-2-6-10(7-3-1)11-8-4-5-9-12-11;/h4,7-19H,1-3,5-6H2;4-11H,1-3H3;1-9H;. The van der Waals surface area contributed by atoms with Crippen LogP contribution in [0.5, 0.6) is 0 Å². The number of hydrogen-bond acceptors (Lipinski definition) is 4. The van der Waals surface area contributed by atoms with Gasteiger partial charge >= 0.3 is 0 Å². The number of hydrogen-bond donors (Lipinski definition) is 0. The van der Waals surface area contributed by atoms with Gasteiger partial charge < -0.3 is 4.42 Å². The number of benzene rings is 5. The fourth-order valence-corrected chi connectivity index (χ4v) is 8.90. The van der Waals surface area contributed by atoms with Crippen LogP contribution in [0.15, 0.2) is 187 Å². The third kappa shape index (κ3) is 10.7. The summed E-state index contributed by atoms with van der Waals surface area (Å²) in [6, 6.07) is 54.2. The number of pyridine rings is 3. The number of fused-ring (bicyclic) bond motifs is 3. The van der Waals surface area contributed by atoms with Crippen molar-refractivity contribution >= 4 is 35.2 Å². The molecule has 307 valence electrons. The van der Waals surface area contributed by atoms with Gasteiger partial charge in [0.2, 0.25) is 0 Å². The van der Waals surface area contributed by atoms with Gasteiger partial charge in [0.1, 0.15) is 17.0 Å². The molecule has 0 atom stereocenters. The molecule has 7 heteroatoms. The number of halogens is 1. The quantitative estimate of drug-likeness (QED) is 0.156. The molecule has 0 bridgehead atoms. The third-order valence-electron chi connectivity index (χ3n) is 11.2. The molecule has 0 spiro atoms. The van der Waals surface area contributed by atoms with Gasteiger partial charge in [0.25, 0.3) is 0 Å². The monoisotopic (exact) mass is 996 g/mol. The van der Waals surface area contributed by atoms with Crippen LogP contribution in [0.3, 0.4) is 0 Å². The smallest absolute Gasteiger partial charge is 0.144 e. The number of nitrogens with zero attached hydrogens (tertiary/aromatic N) is 3. The normalized spacial score (nSPS) is 12.7. The van der Waals surface area contributed by atoms with E-state index < -0.39 is 8.07 Å². The zero-order chi connectivity index (χ0) is 41.3. The zero-order valence-corrected chi connectivity index (χ0v) is 38.3. The van der Waals surface area contributed by atoms with Gasteiger partial charge in [-0.2, -0.15) is 0 Å². The molecule has 1 aliphatic carbocycles. The van der Waals surface area contributed by atoms with Crippen LogP contribution >= 0.6 is 0 Å². The summed E-state index contributed by atoms with van der Waals surface area (Å²) in [4.78, 5) is 13.5. The summed E-state index contributed by atoms with van der Waals surface area (Å²) >= 11 is 0. The average molecular weight is 996 g/mol. The van der Waals surface area contributed by atoms with E-state index in [0.29, 0.717) is 5.92 Å². The van der Waals surface area contributed by atoms with Gasteiger partial charge in [-0.25, -0.2) is 4.39 Å². The van der Waals surface area contributed by atoms with E-state index >= 15 is 0 Å². The molecule has 5 aromatic carbocycles. The third-order valence-corrected chi connectivity index (χ3v) is 13.3. The predicted molar refractivity (Wildman–Crippen MR) is 250 cm³/mol. The van der Waals surface area contributed by atoms with Gasteiger partial charge in [-0.05, 0) is 101 Å². The van der Waals surface area contributed by atoms with Crippen LogP contribution in [-0.4, -0.2) is 23.0 Å². The Kier molecular flexibility index (Phi) is 14.3. The van der Waals surface area contributed by atoms with Gasteiger partial charge in [0.05, 0.1) is 25.2 Å². The van der Waals surface area contributed by atoms with E-state index in [1.807, 2.05) is 79.3 Å². The van der Waals surface area contributed by atoms with Crippen molar-refractivity contribution in [3.63, 3.8) is 0 Å². The Morgan fingerprint density at radius 1 is 0.525 bits per heavy atom. The molecular weight excluding hydrogens is 946 g/mol. The van der Waals surface area contributed by atoms with Crippen molar-refractivity contribution in [2.75, 3.05) is 0 Å². The average Bonchev–Trinajstić information content (AvgIpc) is 3.69. The molecule has 1 aliphatic rings. The van der Waals surface area contributed by atoms with Crippen LogP contribution in [0.1, 0.15) is 43.6 Å². The summed E-state index contributed by atoms with van der Waals surface area (Å²) in [5.74, 6) is 0.407. The molecular formula is C54H50FIrN3OSi. The molecule has 0 unspecified atom stereocenters. The Morgan fingerprint density at radius 2 is 1.18 bits per heavy atom. The van der Waals surface area contributed by atoms with E-state index in [9.17, 15) is 4.39 Å². The van der Waals surface area contributed by atoms with Crippen LogP contribution in [0.2, 0.25) is 19.6 Å². The molecule has 10 rings (SSSR count). The van der Waals surface area contributed by atoms with Crippen LogP contribution in [0.4, 0.5) is 4.39 Å². The minimum atomic E-state index is -1.22. The molecule has 4 aromatic heterocycles. The summed E-state index contributed by atoms with van der Waals surface area (Å²) in [5.41, 5.74) is 11.5. The Labute approximate surface area is 373 Å². The maximum Gasteiger partial charge on any atom is 0.144 e. The van der Waals surface area contributed by atoms with Gasteiger partial charge in [-0.3, -0.25) is 15.0 Å². The number of aromatic nitrogens is 3. The first-order chi connectivity index (χ1) is 29.3. The van der Waals surface area contributed by atoms with E-state index in [0.717, 1.165) is 61.3 Å². The van der Waals surface area contributed by atoms with Crippen molar-refractivity contribution in [2.45, 2.75) is 57.7 Å². The Hall–Kier alpha value is -5.85. The minimum absolute atomic E-state index is 0. The van der Waals surface area contributed by atoms with Gasteiger partial charge in [0, 0.05) is 66.2 Å². The van der Waals surface area contributed by atoms with Crippen LogP contribution in [-0.2, 0) is 20.1 Å². The van der Waals surface area contributed by atoms with Crippen LogP contribution in [0, 0.1) is 5.82 Å². The van der Waals surface area contributed by atoms with Crippen molar-refractivity contribution in [3.8, 4) is 44.9 Å². The molecule has 0 amide bonds. The largest absolute Gasteiger partial charge is 0.455 e. The summed E-state index contributed by atoms with van der Waals surface area (Å²) in [6.45, 7) is 7.02. The topological polar surface area (TPSA) is 51.8 Å². The Balaban J connectivity index is 0.000000161. The molecule has 1 radical (unpaired) electrons. The van der Waals surface area contributed by atoms with Crippen molar-refractivity contribution in [1.29, 1.82) is 0 Å². The second kappa shape index (κ2) is 20.1. The maximum absolute atomic E-state index is 13.3. The van der Waals surface area contributed by atoms with E-state index in [4.69, 9.17) is 9.40 Å². The number of furan rings is 1. The second-order valence-corrected chi connectivity index (χ2v) is 21.5. The first-order valence-electron chi connectivity index (χ1n) is 21.0. The second-order valence-electron chi connectivity index (χ2n) is 16.4. The Bertz CT molecular complexity index is 2730. The molecule has 4 heterocycles. The fraction of sp³-hybridized carbons (Fsp3) is 0.167. The summed E-state index contributed by atoms with van der Waals surface area (Å²) in [6.07, 6.45) is 12.3. The van der Waals surface area contributed by atoms with Gasteiger partial charge in [-0.1, -0.05) is 142 Å². The Morgan fingerprint density at radius 3 is 1.82 bits per heavy atom. The van der Waals surface area contributed by atoms with Crippen LogP contribution < -0.4 is 5.19 Å². The van der Waals surface area contributed by atoms with Crippen molar-refractivity contribution in [3.05, 3.63) is 194 Å². The van der Waals surface area contributed by atoms with Crippen LogP contribution in [0.25, 0.3) is 66.8 Å². The molecule has 61 heavy (non-hydrogen) atoms. The number of rotatable bonds is 6. The molecule has 0 saturated heterocycles. The SMILES string of the molecule is C[Si](C)(C)c1ccc(-c2ccccc2)nc1.Fc1ccc(-c2ccc3c(c2)oc2c(-c4cc(C5CCCCC5)ccn4)cccc23)cc1.[Ir].c1ccc(-c2ccccn2)cc1.